The predicted octanol–water partition coefficient (Wildman–Crippen LogP) is 8.39. The molecule has 2 fully saturated rings. The molecule has 7 rings (SSSR count). The van der Waals surface area contributed by atoms with Crippen molar-refractivity contribution in [2.24, 2.45) is 5.41 Å². The molecule has 4 amide bonds. The molecule has 396 valence electrons. The monoisotopic (exact) mass is 1080 g/mol. The van der Waals surface area contributed by atoms with Gasteiger partial charge in [-0.3, -0.25) is 29.1 Å². The van der Waals surface area contributed by atoms with Gasteiger partial charge >= 0.3 is 6.18 Å². The summed E-state index contributed by atoms with van der Waals surface area (Å²) < 4.78 is 99.0. The predicted molar refractivity (Wildman–Crippen MR) is 270 cm³/mol. The molecule has 3 aromatic carbocycles. The van der Waals surface area contributed by atoms with Gasteiger partial charge in [-0.15, -0.1) is 11.3 Å². The lowest BCUT2D eigenvalue weighted by Gasteiger charge is -2.35. The number of carbonyl (C=O) groups excluding carboxylic acids is 4. The average Bonchev–Trinajstić information content (AvgIpc) is 4.01. The number of nitrogens with zero attached hydrogens (tertiary/aromatic N) is 6. The van der Waals surface area contributed by atoms with Gasteiger partial charge in [-0.25, -0.2) is 18.2 Å². The Bertz CT molecular complexity index is 3050. The van der Waals surface area contributed by atoms with E-state index < -0.39 is 98.3 Å². The number of thiazole rings is 1. The van der Waals surface area contributed by atoms with Gasteiger partial charge in [0.05, 0.1) is 58.0 Å². The number of β-amino-alcohol motifs (C(OH)–C–C–N with tert-alkyl or cyclic N) is 1. The number of benzene rings is 3. The Hall–Kier alpha value is -7.00. The summed E-state index contributed by atoms with van der Waals surface area (Å²) in [4.78, 5) is 66.5. The molecule has 4 heterocycles. The molecule has 2 aromatic heterocycles. The van der Waals surface area contributed by atoms with Crippen molar-refractivity contribution in [3.05, 3.63) is 112 Å². The summed E-state index contributed by atoms with van der Waals surface area (Å²) in [6, 6.07) is 13.1. The summed E-state index contributed by atoms with van der Waals surface area (Å²) in [5, 5.41) is 24.9. The van der Waals surface area contributed by atoms with Crippen molar-refractivity contribution in [1.82, 2.24) is 25.5 Å². The zero-order chi connectivity index (χ0) is 54.7. The number of amides is 4. The number of halogens is 6. The maximum absolute atomic E-state index is 15.8. The van der Waals surface area contributed by atoms with Crippen LogP contribution in [0.25, 0.3) is 21.7 Å². The molecular weight excluding hydrogens is 1030 g/mol. The van der Waals surface area contributed by atoms with Crippen LogP contribution in [0.1, 0.15) is 76.3 Å². The van der Waals surface area contributed by atoms with Crippen molar-refractivity contribution < 1.29 is 60.1 Å². The van der Waals surface area contributed by atoms with Crippen molar-refractivity contribution >= 4 is 63.7 Å². The quantitative estimate of drug-likeness (QED) is 0.0459. The lowest BCUT2D eigenvalue weighted by atomic mass is 9.85. The number of hydrogen-bond donors (Lipinski definition) is 3. The van der Waals surface area contributed by atoms with E-state index >= 15 is 13.2 Å². The highest BCUT2D eigenvalue weighted by Gasteiger charge is 2.52. The van der Waals surface area contributed by atoms with E-state index in [1.165, 1.54) is 48.3 Å². The zero-order valence-corrected chi connectivity index (χ0v) is 43.1. The number of hydrogen-bond acceptors (Lipinski definition) is 12. The third-order valence-electron chi connectivity index (χ3n) is 12.6. The molecule has 5 aromatic rings. The van der Waals surface area contributed by atoms with Crippen LogP contribution in [0.15, 0.2) is 72.4 Å². The van der Waals surface area contributed by atoms with E-state index in [-0.39, 0.29) is 62.0 Å². The van der Waals surface area contributed by atoms with E-state index in [1.807, 2.05) is 31.2 Å². The van der Waals surface area contributed by atoms with Crippen LogP contribution in [0, 0.1) is 41.1 Å². The molecule has 23 heteroatoms. The third kappa shape index (κ3) is 12.1. The Morgan fingerprint density at radius 1 is 0.987 bits per heavy atom. The molecule has 0 aliphatic carbocycles. The van der Waals surface area contributed by atoms with E-state index in [4.69, 9.17) is 27.0 Å². The fraction of sp³-hybridized carbons (Fsp3) is 0.385. The van der Waals surface area contributed by atoms with E-state index in [2.05, 4.69) is 20.6 Å². The lowest BCUT2D eigenvalue weighted by Crippen LogP contribution is -2.58. The number of anilines is 2. The van der Waals surface area contributed by atoms with Gasteiger partial charge in [0.15, 0.2) is 28.3 Å². The fourth-order valence-electron chi connectivity index (χ4n) is 8.71. The van der Waals surface area contributed by atoms with Crippen LogP contribution in [-0.2, 0) is 36.6 Å². The molecule has 0 radical (unpaired) electrons. The highest BCUT2D eigenvalue weighted by molar-refractivity contribution is 7.81. The van der Waals surface area contributed by atoms with E-state index in [1.54, 1.807) is 26.3 Å². The van der Waals surface area contributed by atoms with Crippen LogP contribution in [0.4, 0.5) is 37.7 Å². The third-order valence-corrected chi connectivity index (χ3v) is 14.0. The Morgan fingerprint density at radius 2 is 1.68 bits per heavy atom. The zero-order valence-electron chi connectivity index (χ0n) is 41.5. The number of aromatic nitrogens is 2. The van der Waals surface area contributed by atoms with Crippen LogP contribution in [0.5, 0.6) is 5.75 Å². The topological polar surface area (TPSA) is 190 Å². The molecule has 0 spiro atoms. The minimum Gasteiger partial charge on any atom is -0.491 e. The number of thiocarbonyl (C=S) groups is 1. The Labute approximate surface area is 437 Å². The van der Waals surface area contributed by atoms with Gasteiger partial charge in [-0.1, -0.05) is 45.0 Å². The Kier molecular flexibility index (Phi) is 16.7. The molecule has 2 aliphatic rings. The SMILES string of the molecule is Cc1ncsc1-c1ccc(CNC(=O)[C@@H]2C[C@@H](O)CN2C(=O)[C@@H](NC(=O)COCCCCOc2ccc(-c3ncc(N4C(=S)N(c5ccc(C#N)c(C(F)(F)F)c5F)C(=O)C4(C)C)cc3F)cc2F)C(C)(C)C)cc1. The number of nitrogens with one attached hydrogen (secondary N) is 2. The first-order chi connectivity index (χ1) is 35.3. The first-order valence-corrected chi connectivity index (χ1v) is 24.8. The summed E-state index contributed by atoms with van der Waals surface area (Å²) in [6.45, 7) is 9.78. The van der Waals surface area contributed by atoms with Crippen molar-refractivity contribution in [1.29, 1.82) is 5.26 Å². The lowest BCUT2D eigenvalue weighted by molar-refractivity contribution is -0.144. The van der Waals surface area contributed by atoms with Crippen molar-refractivity contribution in [2.45, 2.75) is 97.3 Å². The number of alkyl halides is 3. The number of rotatable bonds is 17. The van der Waals surface area contributed by atoms with Gasteiger partial charge in [-0.05, 0) is 92.7 Å². The largest absolute Gasteiger partial charge is 0.491 e. The number of likely N-dealkylation sites (tertiary alicyclic amines) is 1. The van der Waals surface area contributed by atoms with Crippen LogP contribution in [-0.4, -0.2) is 98.8 Å². The van der Waals surface area contributed by atoms with Crippen molar-refractivity contribution in [2.75, 3.05) is 36.2 Å². The van der Waals surface area contributed by atoms with Crippen LogP contribution < -0.4 is 25.2 Å². The number of ether oxygens (including phenoxy) is 2. The van der Waals surface area contributed by atoms with Crippen molar-refractivity contribution in [3.8, 4) is 33.5 Å². The number of aliphatic hydroxyl groups excluding tert-OH is 1. The second-order valence-electron chi connectivity index (χ2n) is 19.5. The standard InChI is InChI=1S/C52H52F6N8O7S2/c1-28-44(75-27-62-28)30-11-9-29(10-12-30)23-61-46(69)38-21-34(67)25-64(38)47(70)45(50(2,3)4)63-40(68)26-72-17-7-8-18-73-39-16-14-31(19-35(39)53)43-36(54)20-33(24-60-43)66-49(74)65(48(71)51(66,5)6)37-15-13-32(22-59)41(42(37)55)52(56,57)58/h9-16,19-20,24,27,34,38,45,67H,7-8,17-18,21,23,25-26H2,1-6H3,(H,61,69)(H,63,68)/t34-,38+,45-/m1/s1. The van der Waals surface area contributed by atoms with Gasteiger partial charge in [-0.2, -0.15) is 18.4 Å². The van der Waals surface area contributed by atoms with Crippen LogP contribution >= 0.6 is 23.6 Å². The molecule has 2 saturated heterocycles. The number of aryl methyl sites for hydroxylation is 1. The maximum atomic E-state index is 15.8. The summed E-state index contributed by atoms with van der Waals surface area (Å²) >= 11 is 6.96. The highest BCUT2D eigenvalue weighted by Crippen LogP contribution is 2.42. The average molecular weight is 1080 g/mol. The summed E-state index contributed by atoms with van der Waals surface area (Å²) in [5.41, 5.74) is -2.06. The van der Waals surface area contributed by atoms with Gasteiger partial charge in [0.1, 0.15) is 35.5 Å². The summed E-state index contributed by atoms with van der Waals surface area (Å²) in [7, 11) is 0. The number of aliphatic hydroxyl groups is 1. The number of pyridine rings is 1. The first-order valence-electron chi connectivity index (χ1n) is 23.5. The fourth-order valence-corrected chi connectivity index (χ4v) is 10.0. The summed E-state index contributed by atoms with van der Waals surface area (Å²) in [5.74, 6) is -6.36. The number of unbranched alkanes of at least 4 members (excludes halogenated alkanes) is 1. The van der Waals surface area contributed by atoms with E-state index in [0.717, 1.165) is 51.0 Å². The second kappa shape index (κ2) is 22.5. The maximum Gasteiger partial charge on any atom is 0.420 e. The normalized spacial score (nSPS) is 17.0. The van der Waals surface area contributed by atoms with Gasteiger partial charge < -0.3 is 35.0 Å². The minimum atomic E-state index is -5.28. The minimum absolute atomic E-state index is 0.00541. The Morgan fingerprint density at radius 3 is 2.31 bits per heavy atom. The number of carbonyl (C=O) groups is 4. The van der Waals surface area contributed by atoms with Gasteiger partial charge in [0.2, 0.25) is 17.7 Å². The molecule has 3 atom stereocenters. The number of nitriles is 1. The van der Waals surface area contributed by atoms with Crippen LogP contribution in [0.2, 0.25) is 0 Å². The van der Waals surface area contributed by atoms with Gasteiger partial charge in [0.25, 0.3) is 5.91 Å². The van der Waals surface area contributed by atoms with Crippen molar-refractivity contribution in [3.63, 3.8) is 0 Å². The second-order valence-corrected chi connectivity index (χ2v) is 20.7. The molecule has 0 bridgehead atoms. The molecular formula is C52H52F6N8O7S2. The molecule has 3 N–H and O–H groups in total. The molecule has 75 heavy (non-hydrogen) atoms. The smallest absolute Gasteiger partial charge is 0.420 e. The highest BCUT2D eigenvalue weighted by atomic mass is 32.1. The van der Waals surface area contributed by atoms with Gasteiger partial charge in [0, 0.05) is 37.7 Å². The van der Waals surface area contributed by atoms with E-state index in [9.17, 15) is 37.5 Å². The van der Waals surface area contributed by atoms with E-state index in [0.29, 0.717) is 23.8 Å². The molecule has 2 aliphatic heterocycles. The van der Waals surface area contributed by atoms with Crippen LogP contribution in [0.3, 0.4) is 0 Å². The molecule has 0 unspecified atom stereocenters. The molecule has 15 nitrogen and oxygen atoms in total. The Balaban J connectivity index is 0.875. The first kappa shape index (κ1) is 55.7. The summed E-state index contributed by atoms with van der Waals surface area (Å²) in [6.07, 6.45) is -4.31. The molecule has 0 saturated carbocycles.